The summed E-state index contributed by atoms with van der Waals surface area (Å²) in [5.74, 6) is 0.909. The van der Waals surface area contributed by atoms with Crippen molar-refractivity contribution in [2.24, 2.45) is 0 Å². The number of thiophene rings is 1. The summed E-state index contributed by atoms with van der Waals surface area (Å²) in [7, 11) is 3.11. The van der Waals surface area contributed by atoms with Crippen LogP contribution in [0.2, 0.25) is 0 Å². The second kappa shape index (κ2) is 8.59. The molecule has 0 bridgehead atoms. The van der Waals surface area contributed by atoms with Crippen molar-refractivity contribution in [2.45, 2.75) is 19.0 Å². The van der Waals surface area contributed by atoms with Gasteiger partial charge in [-0.25, -0.2) is 0 Å². The van der Waals surface area contributed by atoms with Crippen LogP contribution in [-0.2, 0) is 11.3 Å². The number of anilines is 1. The van der Waals surface area contributed by atoms with E-state index in [1.165, 1.54) is 0 Å². The van der Waals surface area contributed by atoms with Gasteiger partial charge in [0.25, 0.3) is 5.91 Å². The third-order valence-electron chi connectivity index (χ3n) is 5.16. The first-order valence-electron chi connectivity index (χ1n) is 9.55. The molecule has 0 unspecified atom stereocenters. The van der Waals surface area contributed by atoms with Crippen molar-refractivity contribution >= 4 is 28.8 Å². The van der Waals surface area contributed by atoms with Crippen LogP contribution in [0.4, 0.5) is 5.69 Å². The van der Waals surface area contributed by atoms with E-state index in [0.717, 1.165) is 10.4 Å². The SMILES string of the molecule is COc1ccc(OC)c(NC(=O)C[C@H](c2cccs2)N2Cc3ccccc3C2=O)c1. The Balaban J connectivity index is 1.57. The summed E-state index contributed by atoms with van der Waals surface area (Å²) >= 11 is 1.54. The molecule has 30 heavy (non-hydrogen) atoms. The van der Waals surface area contributed by atoms with Gasteiger partial charge in [-0.2, -0.15) is 0 Å². The summed E-state index contributed by atoms with van der Waals surface area (Å²) in [6.45, 7) is 0.493. The Morgan fingerprint density at radius 3 is 2.67 bits per heavy atom. The highest BCUT2D eigenvalue weighted by molar-refractivity contribution is 7.10. The number of hydrogen-bond donors (Lipinski definition) is 1. The molecule has 2 heterocycles. The minimum atomic E-state index is -0.346. The van der Waals surface area contributed by atoms with E-state index in [1.54, 1.807) is 48.7 Å². The normalized spacial score (nSPS) is 13.7. The lowest BCUT2D eigenvalue weighted by molar-refractivity contribution is -0.117. The molecule has 4 rings (SSSR count). The van der Waals surface area contributed by atoms with Gasteiger partial charge in [0.05, 0.1) is 32.4 Å². The topological polar surface area (TPSA) is 67.9 Å². The maximum Gasteiger partial charge on any atom is 0.255 e. The van der Waals surface area contributed by atoms with E-state index in [-0.39, 0.29) is 24.3 Å². The van der Waals surface area contributed by atoms with Gasteiger partial charge in [-0.3, -0.25) is 9.59 Å². The van der Waals surface area contributed by atoms with Crippen molar-refractivity contribution in [3.8, 4) is 11.5 Å². The van der Waals surface area contributed by atoms with Crippen LogP contribution in [0.1, 0.15) is 33.3 Å². The predicted molar refractivity (Wildman–Crippen MR) is 116 cm³/mol. The Morgan fingerprint density at radius 1 is 1.13 bits per heavy atom. The van der Waals surface area contributed by atoms with Crippen molar-refractivity contribution in [3.05, 3.63) is 76.0 Å². The zero-order valence-corrected chi connectivity index (χ0v) is 17.6. The van der Waals surface area contributed by atoms with E-state index in [4.69, 9.17) is 9.47 Å². The quantitative estimate of drug-likeness (QED) is 0.609. The molecule has 1 aliphatic rings. The predicted octanol–water partition coefficient (Wildman–Crippen LogP) is 4.49. The van der Waals surface area contributed by atoms with Crippen LogP contribution in [0, 0.1) is 0 Å². The third kappa shape index (κ3) is 3.89. The van der Waals surface area contributed by atoms with Gasteiger partial charge in [0.1, 0.15) is 11.5 Å². The molecule has 2 aromatic carbocycles. The zero-order chi connectivity index (χ0) is 21.1. The fourth-order valence-corrected chi connectivity index (χ4v) is 4.50. The highest BCUT2D eigenvalue weighted by atomic mass is 32.1. The molecule has 0 spiro atoms. The summed E-state index contributed by atoms with van der Waals surface area (Å²) in [5, 5.41) is 4.87. The summed E-state index contributed by atoms with van der Waals surface area (Å²) in [4.78, 5) is 28.8. The minimum Gasteiger partial charge on any atom is -0.497 e. The van der Waals surface area contributed by atoms with Gasteiger partial charge in [-0.15, -0.1) is 11.3 Å². The Kier molecular flexibility index (Phi) is 5.72. The van der Waals surface area contributed by atoms with E-state index >= 15 is 0 Å². The van der Waals surface area contributed by atoms with E-state index in [2.05, 4.69) is 5.32 Å². The summed E-state index contributed by atoms with van der Waals surface area (Å²) in [5.41, 5.74) is 2.22. The average molecular weight is 423 g/mol. The van der Waals surface area contributed by atoms with Crippen molar-refractivity contribution in [1.82, 2.24) is 4.90 Å². The number of carbonyl (C=O) groups excluding carboxylic acids is 2. The maximum absolute atomic E-state index is 13.0. The second-order valence-electron chi connectivity index (χ2n) is 6.94. The fourth-order valence-electron chi connectivity index (χ4n) is 3.66. The van der Waals surface area contributed by atoms with Crippen LogP contribution < -0.4 is 14.8 Å². The number of ether oxygens (including phenoxy) is 2. The Bertz CT molecular complexity index is 1060. The number of amides is 2. The van der Waals surface area contributed by atoms with Crippen molar-refractivity contribution in [2.75, 3.05) is 19.5 Å². The van der Waals surface area contributed by atoms with Gasteiger partial charge in [-0.1, -0.05) is 24.3 Å². The molecule has 1 atom stereocenters. The first-order valence-corrected chi connectivity index (χ1v) is 10.4. The van der Waals surface area contributed by atoms with Crippen molar-refractivity contribution in [3.63, 3.8) is 0 Å². The number of hydrogen-bond acceptors (Lipinski definition) is 5. The minimum absolute atomic E-state index is 0.0456. The smallest absolute Gasteiger partial charge is 0.255 e. The highest BCUT2D eigenvalue weighted by Gasteiger charge is 2.35. The Hall–Kier alpha value is -3.32. The number of nitrogens with zero attached hydrogens (tertiary/aromatic N) is 1. The van der Waals surface area contributed by atoms with Gasteiger partial charge in [0.2, 0.25) is 5.91 Å². The summed E-state index contributed by atoms with van der Waals surface area (Å²) < 4.78 is 10.6. The standard InChI is InChI=1S/C23H22N2O4S/c1-28-16-9-10-20(29-2)18(12-16)24-22(26)13-19(21-8-5-11-30-21)25-14-15-6-3-4-7-17(15)23(25)27/h3-12,19H,13-14H2,1-2H3,(H,24,26)/t19-/m1/s1. The maximum atomic E-state index is 13.0. The zero-order valence-electron chi connectivity index (χ0n) is 16.8. The van der Waals surface area contributed by atoms with E-state index in [1.807, 2.05) is 41.8 Å². The van der Waals surface area contributed by atoms with Gasteiger partial charge in [0.15, 0.2) is 0 Å². The van der Waals surface area contributed by atoms with Crippen molar-refractivity contribution in [1.29, 1.82) is 0 Å². The molecule has 1 aliphatic heterocycles. The first kappa shape index (κ1) is 20.0. The molecule has 7 heteroatoms. The third-order valence-corrected chi connectivity index (χ3v) is 6.13. The largest absolute Gasteiger partial charge is 0.497 e. The Morgan fingerprint density at radius 2 is 1.97 bits per heavy atom. The van der Waals surface area contributed by atoms with Crippen LogP contribution >= 0.6 is 11.3 Å². The molecule has 2 amide bonds. The Labute approximate surface area is 179 Å². The van der Waals surface area contributed by atoms with Gasteiger partial charge >= 0.3 is 0 Å². The molecule has 6 nitrogen and oxygen atoms in total. The molecule has 3 aromatic rings. The summed E-state index contributed by atoms with van der Waals surface area (Å²) in [6.07, 6.45) is 0.139. The number of fused-ring (bicyclic) bond motifs is 1. The number of methoxy groups -OCH3 is 2. The molecule has 0 fully saturated rings. The van der Waals surface area contributed by atoms with Gasteiger partial charge in [-0.05, 0) is 35.2 Å². The van der Waals surface area contributed by atoms with Crippen LogP contribution in [-0.4, -0.2) is 30.9 Å². The van der Waals surface area contributed by atoms with E-state index in [9.17, 15) is 9.59 Å². The molecular formula is C23H22N2O4S. The fraction of sp³-hybridized carbons (Fsp3) is 0.217. The van der Waals surface area contributed by atoms with Crippen LogP contribution in [0.5, 0.6) is 11.5 Å². The molecule has 0 aliphatic carbocycles. The molecule has 1 aromatic heterocycles. The van der Waals surface area contributed by atoms with Crippen LogP contribution in [0.15, 0.2) is 60.0 Å². The number of carbonyl (C=O) groups is 2. The molecule has 0 radical (unpaired) electrons. The lowest BCUT2D eigenvalue weighted by Crippen LogP contribution is -2.31. The second-order valence-corrected chi connectivity index (χ2v) is 7.92. The monoisotopic (exact) mass is 422 g/mol. The molecule has 0 saturated heterocycles. The number of benzene rings is 2. The highest BCUT2D eigenvalue weighted by Crippen LogP contribution is 2.36. The van der Waals surface area contributed by atoms with Gasteiger partial charge < -0.3 is 19.7 Å². The number of nitrogens with one attached hydrogen (secondary N) is 1. The van der Waals surface area contributed by atoms with E-state index in [0.29, 0.717) is 29.3 Å². The molecular weight excluding hydrogens is 400 g/mol. The lowest BCUT2D eigenvalue weighted by atomic mass is 10.1. The molecule has 154 valence electrons. The molecule has 0 saturated carbocycles. The van der Waals surface area contributed by atoms with Gasteiger partial charge in [0, 0.05) is 23.1 Å². The average Bonchev–Trinajstić information content (AvgIpc) is 3.41. The lowest BCUT2D eigenvalue weighted by Gasteiger charge is -2.27. The first-order chi connectivity index (χ1) is 14.6. The van der Waals surface area contributed by atoms with Crippen molar-refractivity contribution < 1.29 is 19.1 Å². The molecule has 1 N–H and O–H groups in total. The summed E-state index contributed by atoms with van der Waals surface area (Å²) in [6, 6.07) is 16.4. The van der Waals surface area contributed by atoms with E-state index < -0.39 is 0 Å². The number of rotatable bonds is 7. The van der Waals surface area contributed by atoms with Crippen LogP contribution in [0.25, 0.3) is 0 Å². The van der Waals surface area contributed by atoms with Crippen LogP contribution in [0.3, 0.4) is 0 Å².